The molecule has 2 rings (SSSR count). The highest BCUT2D eigenvalue weighted by Gasteiger charge is 2.08. The predicted octanol–water partition coefficient (Wildman–Crippen LogP) is 2.95. The number of aryl methyl sites for hydroxylation is 1. The monoisotopic (exact) mass is 415 g/mol. The number of aliphatic imine (C=N–C) groups is 1. The highest BCUT2D eigenvalue weighted by atomic mass is 16.5. The van der Waals surface area contributed by atoms with E-state index >= 15 is 0 Å². The second-order valence-electron chi connectivity index (χ2n) is 6.73. The number of nitrogens with zero attached hydrogens (tertiary/aromatic N) is 1. The van der Waals surface area contributed by atoms with E-state index in [9.17, 15) is 0 Å². The molecule has 0 atom stereocenters. The van der Waals surface area contributed by atoms with Gasteiger partial charge in [-0.3, -0.25) is 4.99 Å². The molecule has 0 spiro atoms. The molecule has 0 aliphatic carbocycles. The summed E-state index contributed by atoms with van der Waals surface area (Å²) in [5.74, 6) is 3.24. The molecular formula is C23H33N3O4. The van der Waals surface area contributed by atoms with Gasteiger partial charge in [-0.05, 0) is 48.7 Å². The zero-order valence-electron chi connectivity index (χ0n) is 18.6. The lowest BCUT2D eigenvalue weighted by Gasteiger charge is -2.16. The molecule has 0 aromatic heterocycles. The maximum absolute atomic E-state index is 5.86. The Labute approximate surface area is 179 Å². The van der Waals surface area contributed by atoms with Crippen LogP contribution in [-0.2, 0) is 17.7 Å². The molecule has 0 aliphatic rings. The largest absolute Gasteiger partial charge is 0.497 e. The number of guanidine groups is 1. The number of ether oxygens (including phenoxy) is 4. The quantitative estimate of drug-likeness (QED) is 0.334. The van der Waals surface area contributed by atoms with Crippen LogP contribution in [0, 0.1) is 6.92 Å². The van der Waals surface area contributed by atoms with Gasteiger partial charge in [0.15, 0.2) is 5.96 Å². The number of hydrogen-bond acceptors (Lipinski definition) is 5. The number of rotatable bonds is 11. The number of nitrogens with one attached hydrogen (secondary N) is 2. The van der Waals surface area contributed by atoms with Crippen LogP contribution in [0.15, 0.2) is 41.4 Å². The Hall–Kier alpha value is -2.93. The summed E-state index contributed by atoms with van der Waals surface area (Å²) in [7, 11) is 6.76. The number of methoxy groups -OCH3 is 3. The minimum atomic E-state index is 0.516. The molecule has 0 amide bonds. The van der Waals surface area contributed by atoms with Gasteiger partial charge in [0.2, 0.25) is 0 Å². The van der Waals surface area contributed by atoms with Gasteiger partial charge in [0, 0.05) is 32.8 Å². The second-order valence-corrected chi connectivity index (χ2v) is 6.73. The lowest BCUT2D eigenvalue weighted by Crippen LogP contribution is -2.38. The van der Waals surface area contributed by atoms with Crippen molar-refractivity contribution >= 4 is 5.96 Å². The van der Waals surface area contributed by atoms with Crippen molar-refractivity contribution in [1.29, 1.82) is 0 Å². The fraction of sp³-hybridized carbons (Fsp3) is 0.435. The van der Waals surface area contributed by atoms with Crippen LogP contribution < -0.4 is 24.8 Å². The van der Waals surface area contributed by atoms with E-state index in [1.54, 1.807) is 28.4 Å². The summed E-state index contributed by atoms with van der Waals surface area (Å²) in [6.45, 7) is 4.42. The number of benzene rings is 2. The molecule has 0 bridgehead atoms. The van der Waals surface area contributed by atoms with Gasteiger partial charge in [-0.2, -0.15) is 0 Å². The molecular weight excluding hydrogens is 382 g/mol. The SMILES string of the molecule is CN=C(NCCc1cc(OC)ccc1OC)NCc1ccc(C)cc1OCCOC. The van der Waals surface area contributed by atoms with E-state index in [1.165, 1.54) is 0 Å². The summed E-state index contributed by atoms with van der Waals surface area (Å²) >= 11 is 0. The predicted molar refractivity (Wildman–Crippen MR) is 120 cm³/mol. The van der Waals surface area contributed by atoms with Crippen molar-refractivity contribution in [2.75, 3.05) is 48.1 Å². The van der Waals surface area contributed by atoms with Crippen LogP contribution in [0.2, 0.25) is 0 Å². The minimum Gasteiger partial charge on any atom is -0.497 e. The maximum atomic E-state index is 5.86. The van der Waals surface area contributed by atoms with Crippen molar-refractivity contribution < 1.29 is 18.9 Å². The van der Waals surface area contributed by atoms with E-state index in [1.807, 2.05) is 31.2 Å². The van der Waals surface area contributed by atoms with Crippen molar-refractivity contribution in [1.82, 2.24) is 10.6 Å². The summed E-state index contributed by atoms with van der Waals surface area (Å²) in [5.41, 5.74) is 3.29. The van der Waals surface area contributed by atoms with Gasteiger partial charge in [-0.1, -0.05) is 12.1 Å². The third-order valence-electron chi connectivity index (χ3n) is 4.61. The molecule has 0 saturated heterocycles. The van der Waals surface area contributed by atoms with Crippen LogP contribution in [0.3, 0.4) is 0 Å². The highest BCUT2D eigenvalue weighted by molar-refractivity contribution is 5.79. The molecule has 164 valence electrons. The molecule has 0 saturated carbocycles. The summed E-state index contributed by atoms with van der Waals surface area (Å²) in [5, 5.41) is 6.69. The third kappa shape index (κ3) is 7.15. The van der Waals surface area contributed by atoms with Gasteiger partial charge in [-0.15, -0.1) is 0 Å². The number of hydrogen-bond donors (Lipinski definition) is 2. The van der Waals surface area contributed by atoms with E-state index in [0.717, 1.165) is 46.3 Å². The molecule has 0 unspecified atom stereocenters. The lowest BCUT2D eigenvalue weighted by molar-refractivity contribution is 0.145. The normalized spacial score (nSPS) is 11.2. The molecule has 2 N–H and O–H groups in total. The Morgan fingerprint density at radius 3 is 2.43 bits per heavy atom. The van der Waals surface area contributed by atoms with E-state index in [0.29, 0.717) is 26.3 Å². The Balaban J connectivity index is 1.91. The van der Waals surface area contributed by atoms with Gasteiger partial charge >= 0.3 is 0 Å². The van der Waals surface area contributed by atoms with E-state index < -0.39 is 0 Å². The smallest absolute Gasteiger partial charge is 0.191 e. The zero-order chi connectivity index (χ0) is 21.8. The average molecular weight is 416 g/mol. The lowest BCUT2D eigenvalue weighted by atomic mass is 10.1. The molecule has 2 aromatic rings. The van der Waals surface area contributed by atoms with Crippen molar-refractivity contribution in [3.8, 4) is 17.2 Å². The van der Waals surface area contributed by atoms with Gasteiger partial charge in [0.25, 0.3) is 0 Å². The molecule has 7 nitrogen and oxygen atoms in total. The van der Waals surface area contributed by atoms with Crippen molar-refractivity contribution in [3.05, 3.63) is 53.1 Å². The van der Waals surface area contributed by atoms with Crippen LogP contribution in [-0.4, -0.2) is 54.1 Å². The highest BCUT2D eigenvalue weighted by Crippen LogP contribution is 2.24. The van der Waals surface area contributed by atoms with E-state index in [2.05, 4.69) is 27.8 Å². The maximum Gasteiger partial charge on any atom is 0.191 e. The standard InChI is InChI=1S/C23H33N3O4/c1-17-6-7-19(22(14-17)30-13-12-27-3)16-26-23(24-2)25-11-10-18-15-20(28-4)8-9-21(18)29-5/h6-9,14-15H,10-13,16H2,1-5H3,(H2,24,25,26). The molecule has 0 fully saturated rings. The van der Waals surface area contributed by atoms with Gasteiger partial charge in [0.05, 0.1) is 20.8 Å². The summed E-state index contributed by atoms with van der Waals surface area (Å²) < 4.78 is 21.7. The summed E-state index contributed by atoms with van der Waals surface area (Å²) in [4.78, 5) is 4.31. The molecule has 0 aliphatic heterocycles. The first-order valence-corrected chi connectivity index (χ1v) is 9.98. The van der Waals surface area contributed by atoms with E-state index in [4.69, 9.17) is 18.9 Å². The minimum absolute atomic E-state index is 0.516. The van der Waals surface area contributed by atoms with Gasteiger partial charge in [-0.25, -0.2) is 0 Å². The van der Waals surface area contributed by atoms with Crippen LogP contribution in [0.25, 0.3) is 0 Å². The first-order chi connectivity index (χ1) is 14.6. The summed E-state index contributed by atoms with van der Waals surface area (Å²) in [6, 6.07) is 12.0. The first-order valence-electron chi connectivity index (χ1n) is 9.98. The van der Waals surface area contributed by atoms with Gasteiger partial charge in [0.1, 0.15) is 23.9 Å². The van der Waals surface area contributed by atoms with E-state index in [-0.39, 0.29) is 0 Å². The van der Waals surface area contributed by atoms with Crippen molar-refractivity contribution in [2.24, 2.45) is 4.99 Å². The van der Waals surface area contributed by atoms with Crippen molar-refractivity contribution in [3.63, 3.8) is 0 Å². The molecule has 7 heteroatoms. The second kappa shape index (κ2) is 12.6. The molecule has 0 heterocycles. The van der Waals surface area contributed by atoms with Crippen LogP contribution in [0.5, 0.6) is 17.2 Å². The molecule has 2 aromatic carbocycles. The molecule has 0 radical (unpaired) electrons. The Kier molecular flexibility index (Phi) is 9.80. The van der Waals surface area contributed by atoms with Crippen LogP contribution in [0.1, 0.15) is 16.7 Å². The van der Waals surface area contributed by atoms with Crippen LogP contribution in [0.4, 0.5) is 0 Å². The van der Waals surface area contributed by atoms with Crippen molar-refractivity contribution in [2.45, 2.75) is 19.9 Å². The zero-order valence-corrected chi connectivity index (χ0v) is 18.6. The Morgan fingerprint density at radius 1 is 0.900 bits per heavy atom. The summed E-state index contributed by atoms with van der Waals surface area (Å²) in [6.07, 6.45) is 0.775. The topological polar surface area (TPSA) is 73.3 Å². The Bertz CT molecular complexity index is 824. The van der Waals surface area contributed by atoms with Crippen LogP contribution >= 0.6 is 0 Å². The molecule has 30 heavy (non-hydrogen) atoms. The van der Waals surface area contributed by atoms with Gasteiger partial charge < -0.3 is 29.6 Å². The fourth-order valence-electron chi connectivity index (χ4n) is 2.97. The first kappa shape index (κ1) is 23.3. The fourth-order valence-corrected chi connectivity index (χ4v) is 2.97. The third-order valence-corrected chi connectivity index (χ3v) is 4.61. The Morgan fingerprint density at radius 2 is 1.73 bits per heavy atom. The average Bonchev–Trinajstić information content (AvgIpc) is 2.77.